The molecule has 17 nitrogen and oxygen atoms in total. The fraction of sp³-hybridized carbons (Fsp3) is 0.945. The molecule has 0 amide bonds. The number of ether oxygens (including phenoxy) is 4. The molecule has 0 heterocycles. The molecule has 0 fully saturated rings. The predicted molar refractivity (Wildman–Crippen MR) is 372 cm³/mol. The first-order valence-electron chi connectivity index (χ1n) is 38.0. The van der Waals surface area contributed by atoms with Crippen molar-refractivity contribution < 1.29 is 80.2 Å². The van der Waals surface area contributed by atoms with Gasteiger partial charge in [-0.3, -0.25) is 37.3 Å². The summed E-state index contributed by atoms with van der Waals surface area (Å²) in [6, 6.07) is 0. The first kappa shape index (κ1) is 90.1. The minimum absolute atomic E-state index is 0.107. The minimum atomic E-state index is -4.95. The van der Waals surface area contributed by atoms with Gasteiger partial charge >= 0.3 is 39.5 Å². The summed E-state index contributed by atoms with van der Waals surface area (Å²) in [5.74, 6) is -0.530. The maximum absolute atomic E-state index is 13.1. The summed E-state index contributed by atoms with van der Waals surface area (Å²) in [4.78, 5) is 72.5. The molecule has 0 saturated heterocycles. The number of phosphoric acid groups is 2. The second-order valence-electron chi connectivity index (χ2n) is 27.3. The first-order chi connectivity index (χ1) is 44.4. The molecule has 0 aliphatic heterocycles. The van der Waals surface area contributed by atoms with Gasteiger partial charge in [0.2, 0.25) is 0 Å². The van der Waals surface area contributed by atoms with Crippen LogP contribution in [0.3, 0.4) is 0 Å². The number of carbonyl (C=O) groups excluding carboxylic acids is 4. The van der Waals surface area contributed by atoms with Gasteiger partial charge < -0.3 is 33.8 Å². The molecule has 5 atom stereocenters. The second kappa shape index (κ2) is 65.0. The Balaban J connectivity index is 5.19. The number of aliphatic hydroxyl groups is 1. The summed E-state index contributed by atoms with van der Waals surface area (Å²) in [6.07, 6.45) is 51.4. The summed E-state index contributed by atoms with van der Waals surface area (Å²) in [6.45, 7) is 9.58. The molecular weight excluding hydrogens is 1210 g/mol. The zero-order chi connectivity index (χ0) is 67.9. The Labute approximate surface area is 562 Å². The van der Waals surface area contributed by atoms with Crippen LogP contribution in [-0.4, -0.2) is 96.7 Å². The van der Waals surface area contributed by atoms with Crippen LogP contribution in [0.4, 0.5) is 0 Å². The number of phosphoric ester groups is 2. The minimum Gasteiger partial charge on any atom is -0.462 e. The highest BCUT2D eigenvalue weighted by atomic mass is 31.2. The zero-order valence-corrected chi connectivity index (χ0v) is 61.6. The molecule has 0 spiro atoms. The van der Waals surface area contributed by atoms with Crippen LogP contribution < -0.4 is 0 Å². The van der Waals surface area contributed by atoms with Crippen LogP contribution in [0.2, 0.25) is 0 Å². The van der Waals surface area contributed by atoms with E-state index in [0.717, 1.165) is 115 Å². The van der Waals surface area contributed by atoms with Crippen molar-refractivity contribution in [2.24, 2.45) is 11.8 Å². The van der Waals surface area contributed by atoms with Crippen LogP contribution in [0.25, 0.3) is 0 Å². The molecule has 0 saturated carbocycles. The molecule has 2 unspecified atom stereocenters. The third-order valence-corrected chi connectivity index (χ3v) is 18.9. The molecule has 19 heteroatoms. The molecule has 0 bridgehead atoms. The lowest BCUT2D eigenvalue weighted by atomic mass is 10.0. The SMILES string of the molecule is CCCCCCCCCCCCCC(=O)O[C@H](COC(=O)CCCCCCCCC)COP(=O)(O)OC[C@H](O)COP(=O)(O)OC[C@@H](COC(=O)CCCCCCCCCCCCCCCC(C)C)OC(=O)CCCCCCCCCCCCCCCCCC(C)C. The lowest BCUT2D eigenvalue weighted by molar-refractivity contribution is -0.161. The summed E-state index contributed by atoms with van der Waals surface area (Å²) in [5, 5.41) is 10.6. The van der Waals surface area contributed by atoms with Crippen LogP contribution in [-0.2, 0) is 65.4 Å². The molecule has 0 rings (SSSR count). The van der Waals surface area contributed by atoms with Gasteiger partial charge in [-0.1, -0.05) is 324 Å². The van der Waals surface area contributed by atoms with Gasteiger partial charge in [0.05, 0.1) is 26.4 Å². The number of aliphatic hydroxyl groups excluding tert-OH is 1. The van der Waals surface area contributed by atoms with Crippen molar-refractivity contribution in [1.29, 1.82) is 0 Å². The number of rotatable bonds is 72. The molecular formula is C73H142O17P2. The Morgan fingerprint density at radius 2 is 0.500 bits per heavy atom. The van der Waals surface area contributed by atoms with E-state index in [0.29, 0.717) is 25.7 Å². The van der Waals surface area contributed by atoms with E-state index >= 15 is 0 Å². The maximum Gasteiger partial charge on any atom is 0.472 e. The lowest BCUT2D eigenvalue weighted by Gasteiger charge is -2.21. The smallest absolute Gasteiger partial charge is 0.462 e. The number of hydrogen-bond donors (Lipinski definition) is 3. The van der Waals surface area contributed by atoms with E-state index in [2.05, 4.69) is 41.5 Å². The summed E-state index contributed by atoms with van der Waals surface area (Å²) in [5.41, 5.74) is 0. The third-order valence-electron chi connectivity index (χ3n) is 17.0. The highest BCUT2D eigenvalue weighted by Gasteiger charge is 2.30. The van der Waals surface area contributed by atoms with Gasteiger partial charge in [-0.25, -0.2) is 9.13 Å². The van der Waals surface area contributed by atoms with Gasteiger partial charge in [-0.2, -0.15) is 0 Å². The van der Waals surface area contributed by atoms with Crippen LogP contribution in [0.1, 0.15) is 375 Å². The molecule has 0 aromatic heterocycles. The topological polar surface area (TPSA) is 237 Å². The number of carbonyl (C=O) groups is 4. The first-order valence-corrected chi connectivity index (χ1v) is 41.0. The average Bonchev–Trinajstić information content (AvgIpc) is 3.57. The summed E-state index contributed by atoms with van der Waals surface area (Å²) >= 11 is 0. The molecule has 3 N–H and O–H groups in total. The highest BCUT2D eigenvalue weighted by molar-refractivity contribution is 7.47. The van der Waals surface area contributed by atoms with E-state index in [9.17, 15) is 43.2 Å². The van der Waals surface area contributed by atoms with Gasteiger partial charge in [0, 0.05) is 25.7 Å². The lowest BCUT2D eigenvalue weighted by Crippen LogP contribution is -2.30. The fourth-order valence-electron chi connectivity index (χ4n) is 11.1. The van der Waals surface area contributed by atoms with E-state index in [-0.39, 0.29) is 25.7 Å². The molecule has 0 radical (unpaired) electrons. The summed E-state index contributed by atoms with van der Waals surface area (Å²) < 4.78 is 68.3. The monoisotopic (exact) mass is 1350 g/mol. The van der Waals surface area contributed by atoms with Crippen LogP contribution in [0.5, 0.6) is 0 Å². The molecule has 0 aliphatic carbocycles. The zero-order valence-electron chi connectivity index (χ0n) is 59.9. The van der Waals surface area contributed by atoms with Crippen molar-refractivity contribution in [3.63, 3.8) is 0 Å². The Hall–Kier alpha value is -1.94. The van der Waals surface area contributed by atoms with Crippen molar-refractivity contribution >= 4 is 39.5 Å². The largest absolute Gasteiger partial charge is 0.472 e. The van der Waals surface area contributed by atoms with Gasteiger partial charge in [0.25, 0.3) is 0 Å². The van der Waals surface area contributed by atoms with Crippen molar-refractivity contribution in [1.82, 2.24) is 0 Å². The van der Waals surface area contributed by atoms with Gasteiger partial charge in [0.1, 0.15) is 19.3 Å². The maximum atomic E-state index is 13.1. The van der Waals surface area contributed by atoms with E-state index in [4.69, 9.17) is 37.0 Å². The van der Waals surface area contributed by atoms with Gasteiger partial charge in [0.15, 0.2) is 12.2 Å². The van der Waals surface area contributed by atoms with E-state index in [1.165, 1.54) is 180 Å². The predicted octanol–water partition coefficient (Wildman–Crippen LogP) is 21.2. The van der Waals surface area contributed by atoms with Gasteiger partial charge in [-0.05, 0) is 37.5 Å². The third kappa shape index (κ3) is 66.7. The molecule has 92 heavy (non-hydrogen) atoms. The van der Waals surface area contributed by atoms with Crippen molar-refractivity contribution in [2.45, 2.75) is 394 Å². The standard InChI is InChI=1S/C73H142O17P2/c1-7-9-11-13-15-16-25-33-39-45-51-57-72(77)89-68(61-83-70(75)55-49-43-35-14-12-10-8-2)63-87-91(79,80)85-59-67(74)60-86-92(81,82)88-64-69(62-84-71(76)56-50-44-38-32-28-24-20-22-27-31-37-42-48-54-66(5)6)90-73(78)58-52-46-40-34-29-23-19-17-18-21-26-30-36-41-47-53-65(3)4/h65-69,74H,7-64H2,1-6H3,(H,79,80)(H,81,82)/t67-,68+,69+/m0/s1. The van der Waals surface area contributed by atoms with E-state index in [1.54, 1.807) is 0 Å². The fourth-order valence-corrected chi connectivity index (χ4v) is 12.7. The van der Waals surface area contributed by atoms with E-state index < -0.39 is 97.5 Å². The summed E-state index contributed by atoms with van der Waals surface area (Å²) in [7, 11) is -9.90. The normalized spacial score (nSPS) is 14.1. The van der Waals surface area contributed by atoms with Crippen molar-refractivity contribution in [2.75, 3.05) is 39.6 Å². The second-order valence-corrected chi connectivity index (χ2v) is 30.2. The molecule has 0 aliphatic rings. The van der Waals surface area contributed by atoms with Crippen LogP contribution in [0.15, 0.2) is 0 Å². The van der Waals surface area contributed by atoms with Crippen molar-refractivity contribution in [3.8, 4) is 0 Å². The molecule has 546 valence electrons. The average molecular weight is 1350 g/mol. The van der Waals surface area contributed by atoms with Crippen LogP contribution in [0, 0.1) is 11.8 Å². The number of hydrogen-bond acceptors (Lipinski definition) is 15. The highest BCUT2D eigenvalue weighted by Crippen LogP contribution is 2.45. The molecule has 0 aromatic carbocycles. The molecule has 0 aromatic rings. The Bertz CT molecular complexity index is 1790. The van der Waals surface area contributed by atoms with Crippen molar-refractivity contribution in [3.05, 3.63) is 0 Å². The van der Waals surface area contributed by atoms with Crippen LogP contribution >= 0.6 is 15.6 Å². The Morgan fingerprint density at radius 1 is 0.293 bits per heavy atom. The number of esters is 4. The van der Waals surface area contributed by atoms with Gasteiger partial charge in [-0.15, -0.1) is 0 Å². The quantitative estimate of drug-likeness (QED) is 0.0222. The van der Waals surface area contributed by atoms with E-state index in [1.807, 2.05) is 0 Å². The Morgan fingerprint density at radius 3 is 0.739 bits per heavy atom. The Kier molecular flexibility index (Phi) is 63.7. The number of unbranched alkanes of at least 4 members (excludes halogenated alkanes) is 42.